The normalized spacial score (nSPS) is 17.3. The van der Waals surface area contributed by atoms with Crippen LogP contribution >= 0.6 is 23.1 Å². The van der Waals surface area contributed by atoms with E-state index in [1.807, 2.05) is 37.0 Å². The van der Waals surface area contributed by atoms with E-state index in [0.29, 0.717) is 6.61 Å². The Morgan fingerprint density at radius 3 is 3.10 bits per heavy atom. The van der Waals surface area contributed by atoms with E-state index in [1.54, 1.807) is 18.4 Å². The van der Waals surface area contributed by atoms with Crippen molar-refractivity contribution in [3.8, 4) is 5.75 Å². The number of methoxy groups -OCH3 is 1. The van der Waals surface area contributed by atoms with Crippen LogP contribution in [0.3, 0.4) is 0 Å². The van der Waals surface area contributed by atoms with Crippen LogP contribution in [0.5, 0.6) is 5.75 Å². The van der Waals surface area contributed by atoms with E-state index in [-0.39, 0.29) is 6.10 Å². The Kier molecular flexibility index (Phi) is 4.80. The number of fused-ring (bicyclic) bond motifs is 1. The Labute approximate surface area is 132 Å². The second-order valence-corrected chi connectivity index (χ2v) is 6.93. The number of benzene rings is 1. The highest BCUT2D eigenvalue weighted by Gasteiger charge is 2.25. The molecule has 0 saturated carbocycles. The van der Waals surface area contributed by atoms with Crippen LogP contribution in [0.1, 0.15) is 21.7 Å². The van der Waals surface area contributed by atoms with Crippen molar-refractivity contribution in [3.63, 3.8) is 0 Å². The van der Waals surface area contributed by atoms with E-state index in [2.05, 4.69) is 11.4 Å². The summed E-state index contributed by atoms with van der Waals surface area (Å²) in [5.41, 5.74) is 1.01. The number of para-hydroxylation sites is 1. The number of thioether (sulfide) groups is 1. The highest BCUT2D eigenvalue weighted by Crippen LogP contribution is 2.41. The van der Waals surface area contributed by atoms with Crippen molar-refractivity contribution in [1.29, 1.82) is 0 Å². The Morgan fingerprint density at radius 2 is 2.29 bits per heavy atom. The van der Waals surface area contributed by atoms with Gasteiger partial charge in [-0.05, 0) is 19.2 Å². The van der Waals surface area contributed by atoms with Crippen LogP contribution in [0, 0.1) is 0 Å². The van der Waals surface area contributed by atoms with Gasteiger partial charge < -0.3 is 14.8 Å². The molecule has 1 atom stereocenters. The molecule has 3 rings (SSSR count). The van der Waals surface area contributed by atoms with Gasteiger partial charge in [-0.2, -0.15) is 0 Å². The van der Waals surface area contributed by atoms with Gasteiger partial charge in [0.2, 0.25) is 0 Å². The standard InChI is InChI=1S/C15H18N2O2S2/c1-16-7-14-10(8-18-2)17-15(21-14)12-9-20-13-6-4-3-5-11(13)19-12/h3-6,12,16H,7-9H2,1-2H3. The minimum Gasteiger partial charge on any atom is -0.481 e. The predicted octanol–water partition coefficient (Wildman–Crippen LogP) is 3.23. The van der Waals surface area contributed by atoms with Crippen LogP contribution in [-0.2, 0) is 17.9 Å². The van der Waals surface area contributed by atoms with Crippen LogP contribution in [0.15, 0.2) is 29.2 Å². The first-order valence-corrected chi connectivity index (χ1v) is 8.62. The zero-order valence-electron chi connectivity index (χ0n) is 12.1. The minimum absolute atomic E-state index is 0.0242. The molecule has 1 aliphatic heterocycles. The van der Waals surface area contributed by atoms with Gasteiger partial charge in [-0.1, -0.05) is 12.1 Å². The third-order valence-electron chi connectivity index (χ3n) is 3.20. The van der Waals surface area contributed by atoms with Crippen LogP contribution in [0.4, 0.5) is 0 Å². The quantitative estimate of drug-likeness (QED) is 0.915. The van der Waals surface area contributed by atoms with Gasteiger partial charge >= 0.3 is 0 Å². The minimum atomic E-state index is 0.0242. The molecule has 0 bridgehead atoms. The fraction of sp³-hybridized carbons (Fsp3) is 0.400. The number of rotatable bonds is 5. The third-order valence-corrected chi connectivity index (χ3v) is 5.50. The van der Waals surface area contributed by atoms with Gasteiger partial charge in [0.15, 0.2) is 6.10 Å². The molecule has 1 unspecified atom stereocenters. The van der Waals surface area contributed by atoms with Gasteiger partial charge in [0.1, 0.15) is 10.8 Å². The molecule has 1 aromatic carbocycles. The predicted molar refractivity (Wildman–Crippen MR) is 86.1 cm³/mol. The Hall–Kier alpha value is -1.08. The fourth-order valence-corrected chi connectivity index (χ4v) is 4.44. The van der Waals surface area contributed by atoms with Crippen molar-refractivity contribution >= 4 is 23.1 Å². The molecule has 0 fully saturated rings. The zero-order valence-corrected chi connectivity index (χ0v) is 13.7. The van der Waals surface area contributed by atoms with Crippen LogP contribution in [0.25, 0.3) is 0 Å². The highest BCUT2D eigenvalue weighted by atomic mass is 32.2. The molecule has 1 aliphatic rings. The van der Waals surface area contributed by atoms with Crippen molar-refractivity contribution in [2.24, 2.45) is 0 Å². The molecule has 112 valence electrons. The third kappa shape index (κ3) is 3.23. The molecule has 0 spiro atoms. The molecule has 0 saturated heterocycles. The van der Waals surface area contributed by atoms with Crippen molar-refractivity contribution in [3.05, 3.63) is 39.8 Å². The van der Waals surface area contributed by atoms with Gasteiger partial charge in [-0.25, -0.2) is 4.98 Å². The molecule has 6 heteroatoms. The van der Waals surface area contributed by atoms with Crippen molar-refractivity contribution in [2.45, 2.75) is 24.2 Å². The highest BCUT2D eigenvalue weighted by molar-refractivity contribution is 7.99. The van der Waals surface area contributed by atoms with Gasteiger partial charge in [0, 0.05) is 29.2 Å². The maximum Gasteiger partial charge on any atom is 0.159 e. The first-order chi connectivity index (χ1) is 10.3. The first kappa shape index (κ1) is 14.8. The number of nitrogens with one attached hydrogen (secondary N) is 1. The number of ether oxygens (including phenoxy) is 2. The monoisotopic (exact) mass is 322 g/mol. The lowest BCUT2D eigenvalue weighted by atomic mass is 10.3. The van der Waals surface area contributed by atoms with E-state index in [4.69, 9.17) is 14.5 Å². The first-order valence-electron chi connectivity index (χ1n) is 6.82. The summed E-state index contributed by atoms with van der Waals surface area (Å²) in [7, 11) is 3.64. The summed E-state index contributed by atoms with van der Waals surface area (Å²) in [5.74, 6) is 1.85. The van der Waals surface area contributed by atoms with Crippen molar-refractivity contribution in [1.82, 2.24) is 10.3 Å². The van der Waals surface area contributed by atoms with Crippen LogP contribution < -0.4 is 10.1 Å². The van der Waals surface area contributed by atoms with Crippen LogP contribution in [-0.4, -0.2) is 24.9 Å². The lowest BCUT2D eigenvalue weighted by Crippen LogP contribution is -2.14. The average molecular weight is 322 g/mol. The van der Waals surface area contributed by atoms with E-state index in [0.717, 1.165) is 28.7 Å². The lowest BCUT2D eigenvalue weighted by molar-refractivity contribution is 0.179. The van der Waals surface area contributed by atoms with E-state index in [1.165, 1.54) is 9.77 Å². The number of hydrogen-bond acceptors (Lipinski definition) is 6. The summed E-state index contributed by atoms with van der Waals surface area (Å²) in [6.07, 6.45) is 0.0242. The SMILES string of the molecule is CNCc1sc(C2CSc3ccccc3O2)nc1COC. The summed E-state index contributed by atoms with van der Waals surface area (Å²) in [5, 5.41) is 4.22. The largest absolute Gasteiger partial charge is 0.481 e. The lowest BCUT2D eigenvalue weighted by Gasteiger charge is -2.23. The van der Waals surface area contributed by atoms with Gasteiger partial charge in [-0.15, -0.1) is 23.1 Å². The Bertz CT molecular complexity index is 592. The van der Waals surface area contributed by atoms with Crippen LogP contribution in [0.2, 0.25) is 0 Å². The van der Waals surface area contributed by atoms with E-state index < -0.39 is 0 Å². The molecular formula is C15H18N2O2S2. The second-order valence-electron chi connectivity index (χ2n) is 4.75. The zero-order chi connectivity index (χ0) is 14.7. The van der Waals surface area contributed by atoms with Gasteiger partial charge in [-0.3, -0.25) is 0 Å². The Balaban J connectivity index is 1.83. The molecule has 4 nitrogen and oxygen atoms in total. The molecule has 2 heterocycles. The molecule has 1 N–H and O–H groups in total. The fourth-order valence-electron chi connectivity index (χ4n) is 2.23. The van der Waals surface area contributed by atoms with E-state index in [9.17, 15) is 0 Å². The summed E-state index contributed by atoms with van der Waals surface area (Å²) < 4.78 is 11.4. The average Bonchev–Trinajstić information content (AvgIpc) is 2.91. The molecule has 21 heavy (non-hydrogen) atoms. The van der Waals surface area contributed by atoms with Crippen molar-refractivity contribution in [2.75, 3.05) is 19.9 Å². The number of aromatic nitrogens is 1. The molecule has 0 aliphatic carbocycles. The Morgan fingerprint density at radius 1 is 1.43 bits per heavy atom. The maximum atomic E-state index is 6.11. The number of nitrogens with zero attached hydrogens (tertiary/aromatic N) is 1. The smallest absolute Gasteiger partial charge is 0.159 e. The maximum absolute atomic E-state index is 6.11. The second kappa shape index (κ2) is 6.79. The molecule has 0 radical (unpaired) electrons. The molecular weight excluding hydrogens is 304 g/mol. The summed E-state index contributed by atoms with van der Waals surface area (Å²) >= 11 is 3.54. The number of hydrogen-bond donors (Lipinski definition) is 1. The number of thiazole rings is 1. The molecule has 2 aromatic rings. The summed E-state index contributed by atoms with van der Waals surface area (Å²) in [6.45, 7) is 1.36. The topological polar surface area (TPSA) is 43.4 Å². The summed E-state index contributed by atoms with van der Waals surface area (Å²) in [4.78, 5) is 7.16. The summed E-state index contributed by atoms with van der Waals surface area (Å²) in [6, 6.07) is 8.17. The van der Waals surface area contributed by atoms with E-state index >= 15 is 0 Å². The molecule has 0 amide bonds. The van der Waals surface area contributed by atoms with Gasteiger partial charge in [0.25, 0.3) is 0 Å². The van der Waals surface area contributed by atoms with Crippen molar-refractivity contribution < 1.29 is 9.47 Å². The molecule has 1 aromatic heterocycles. The van der Waals surface area contributed by atoms with Gasteiger partial charge in [0.05, 0.1) is 12.3 Å².